The van der Waals surface area contributed by atoms with Gasteiger partial charge in [-0.1, -0.05) is 35.6 Å². The maximum absolute atomic E-state index is 11.7. The number of thiazole rings is 1. The van der Waals surface area contributed by atoms with Crippen molar-refractivity contribution in [1.82, 2.24) is 15.6 Å². The number of aromatic hydroxyl groups is 1. The van der Waals surface area contributed by atoms with Gasteiger partial charge in [0.05, 0.1) is 17.3 Å². The number of fused-ring (bicyclic) bond motifs is 1. The van der Waals surface area contributed by atoms with Crippen molar-refractivity contribution >= 4 is 21.6 Å². The predicted molar refractivity (Wildman–Crippen MR) is 131 cm³/mol. The number of nitrogens with one attached hydrogen (secondary N) is 3. The maximum Gasteiger partial charge on any atom is 0.305 e. The quantitative estimate of drug-likeness (QED) is 0.165. The molecule has 9 heteroatoms. The van der Waals surface area contributed by atoms with Crippen molar-refractivity contribution in [3.63, 3.8) is 0 Å². The van der Waals surface area contributed by atoms with Crippen molar-refractivity contribution in [3.8, 4) is 5.75 Å². The first-order valence-electron chi connectivity index (χ1n) is 11.2. The first kappa shape index (κ1) is 25.4. The van der Waals surface area contributed by atoms with Gasteiger partial charge in [-0.25, -0.2) is 0 Å². The molecule has 0 aliphatic heterocycles. The molecule has 0 bridgehead atoms. The molecule has 2 aromatic carbocycles. The summed E-state index contributed by atoms with van der Waals surface area (Å²) in [5.41, 5.74) is 2.75. The number of rotatable bonds is 13. The van der Waals surface area contributed by atoms with Gasteiger partial charge in [0.2, 0.25) is 5.79 Å². The lowest BCUT2D eigenvalue weighted by Gasteiger charge is -2.23. The second kappa shape index (κ2) is 11.7. The van der Waals surface area contributed by atoms with Crippen LogP contribution >= 0.6 is 11.3 Å². The fraction of sp³-hybridized carbons (Fsp3) is 0.458. The van der Waals surface area contributed by atoms with Crippen LogP contribution in [0.3, 0.4) is 0 Å². The van der Waals surface area contributed by atoms with Crippen LogP contribution in [0.5, 0.6) is 5.75 Å². The third kappa shape index (κ3) is 7.36. The molecule has 6 N–H and O–H groups in total. The third-order valence-corrected chi connectivity index (χ3v) is 6.14. The van der Waals surface area contributed by atoms with Crippen molar-refractivity contribution in [1.29, 1.82) is 0 Å². The minimum atomic E-state index is -2.18. The topological polar surface area (TPSA) is 127 Å². The van der Waals surface area contributed by atoms with Crippen molar-refractivity contribution in [2.75, 3.05) is 26.2 Å². The lowest BCUT2D eigenvalue weighted by atomic mass is 10.0. The molecule has 1 aromatic heterocycles. The van der Waals surface area contributed by atoms with E-state index in [0.717, 1.165) is 49.4 Å². The minimum absolute atomic E-state index is 0.103. The van der Waals surface area contributed by atoms with Gasteiger partial charge in [-0.2, -0.15) is 0 Å². The Morgan fingerprint density at radius 2 is 1.91 bits per heavy atom. The Kier molecular flexibility index (Phi) is 9.02. The average Bonchev–Trinajstić information content (AvgIpc) is 3.16. The Bertz CT molecular complexity index is 1090. The van der Waals surface area contributed by atoms with Crippen LogP contribution < -0.4 is 15.5 Å². The molecule has 33 heavy (non-hydrogen) atoms. The first-order valence-corrected chi connectivity index (χ1v) is 12.0. The second-order valence-corrected chi connectivity index (χ2v) is 9.35. The first-order chi connectivity index (χ1) is 15.8. The number of phenols is 1. The van der Waals surface area contributed by atoms with Crippen LogP contribution in [0.15, 0.2) is 41.2 Å². The highest BCUT2D eigenvalue weighted by Crippen LogP contribution is 2.32. The van der Waals surface area contributed by atoms with E-state index in [-0.39, 0.29) is 34.4 Å². The molecule has 3 rings (SSSR count). The fourth-order valence-electron chi connectivity index (χ4n) is 3.57. The summed E-state index contributed by atoms with van der Waals surface area (Å²) in [6, 6.07) is 11.1. The highest BCUT2D eigenvalue weighted by Gasteiger charge is 2.29. The van der Waals surface area contributed by atoms with E-state index in [9.17, 15) is 20.1 Å². The van der Waals surface area contributed by atoms with Crippen LogP contribution in [0.1, 0.15) is 37.0 Å². The van der Waals surface area contributed by atoms with Crippen molar-refractivity contribution in [3.05, 3.63) is 62.8 Å². The Labute approximate surface area is 197 Å². The Hall–Kier alpha value is -2.27. The van der Waals surface area contributed by atoms with Gasteiger partial charge in [-0.05, 0) is 63.0 Å². The van der Waals surface area contributed by atoms with Crippen molar-refractivity contribution in [2.45, 2.75) is 45.1 Å². The monoisotopic (exact) mass is 475 g/mol. The number of hydrogen-bond donors (Lipinski definition) is 6. The summed E-state index contributed by atoms with van der Waals surface area (Å²) in [6.45, 7) is 6.95. The summed E-state index contributed by atoms with van der Waals surface area (Å²) >= 11 is 0.837. The van der Waals surface area contributed by atoms with Gasteiger partial charge < -0.3 is 35.7 Å². The smallest absolute Gasteiger partial charge is 0.305 e. The number of H-pyrrole nitrogens is 1. The van der Waals surface area contributed by atoms with E-state index in [0.29, 0.717) is 11.2 Å². The number of benzene rings is 2. The van der Waals surface area contributed by atoms with Crippen LogP contribution in [0, 0.1) is 0 Å². The van der Waals surface area contributed by atoms with Gasteiger partial charge >= 0.3 is 4.87 Å². The zero-order valence-corrected chi connectivity index (χ0v) is 19.9. The molecular formula is C24H33N3O5S. The number of hydrogen-bond acceptors (Lipinski definition) is 8. The molecule has 0 atom stereocenters. The second-order valence-electron chi connectivity index (χ2n) is 8.36. The molecule has 0 saturated heterocycles. The average molecular weight is 476 g/mol. The minimum Gasteiger partial charge on any atom is -0.506 e. The van der Waals surface area contributed by atoms with E-state index in [1.54, 1.807) is 0 Å². The molecule has 8 nitrogen and oxygen atoms in total. The maximum atomic E-state index is 11.7. The predicted octanol–water partition coefficient (Wildman–Crippen LogP) is 2.17. The molecule has 0 radical (unpaired) electrons. The van der Waals surface area contributed by atoms with E-state index in [4.69, 9.17) is 4.74 Å². The van der Waals surface area contributed by atoms with Crippen LogP contribution in [-0.2, 0) is 23.5 Å². The van der Waals surface area contributed by atoms with Crippen molar-refractivity contribution in [2.24, 2.45) is 0 Å². The summed E-state index contributed by atoms with van der Waals surface area (Å²) in [5, 5.41) is 37.6. The highest BCUT2D eigenvalue weighted by atomic mass is 32.1. The summed E-state index contributed by atoms with van der Waals surface area (Å²) < 4.78 is 5.87. The lowest BCUT2D eigenvalue weighted by molar-refractivity contribution is -0.164. The van der Waals surface area contributed by atoms with Crippen molar-refractivity contribution < 1.29 is 20.1 Å². The summed E-state index contributed by atoms with van der Waals surface area (Å²) in [4.78, 5) is 13.8. The van der Waals surface area contributed by atoms with Crippen LogP contribution in [0.25, 0.3) is 10.2 Å². The standard InChI is InChI=1S/C24H33N3O5S/c1-16(2)32-12-4-10-25-14-18-6-3-5-17(13-18)9-11-26-15-24(30,31)19-7-8-20(28)21-22(19)33-23(29)27-21/h3,5-8,13,16,25-26,28,30-31H,4,9-12,14-15H2,1-2H3,(H,27,29). The molecule has 0 amide bonds. The zero-order chi connectivity index (χ0) is 23.8. The molecule has 180 valence electrons. The number of aliphatic hydroxyl groups is 2. The molecule has 0 fully saturated rings. The molecule has 0 spiro atoms. The van der Waals surface area contributed by atoms with Gasteiger partial charge in [0.25, 0.3) is 0 Å². The van der Waals surface area contributed by atoms with Crippen LogP contribution in [0.2, 0.25) is 0 Å². The number of ether oxygens (including phenoxy) is 1. The van der Waals surface area contributed by atoms with E-state index in [2.05, 4.69) is 27.8 Å². The van der Waals surface area contributed by atoms with Gasteiger partial charge in [0, 0.05) is 18.7 Å². The van der Waals surface area contributed by atoms with Gasteiger partial charge in [-0.3, -0.25) is 4.79 Å². The fourth-order valence-corrected chi connectivity index (χ4v) is 4.51. The van der Waals surface area contributed by atoms with E-state index < -0.39 is 5.79 Å². The largest absolute Gasteiger partial charge is 0.506 e. The van der Waals surface area contributed by atoms with Gasteiger partial charge in [0.1, 0.15) is 11.3 Å². The van der Waals surface area contributed by atoms with E-state index in [1.807, 2.05) is 26.0 Å². The molecule has 0 unspecified atom stereocenters. The zero-order valence-electron chi connectivity index (χ0n) is 19.1. The molecular weight excluding hydrogens is 442 g/mol. The number of aromatic amines is 1. The molecule has 0 aliphatic carbocycles. The van der Waals surface area contributed by atoms with Crippen LogP contribution in [0.4, 0.5) is 0 Å². The normalized spacial score (nSPS) is 12.2. The Morgan fingerprint density at radius 3 is 2.70 bits per heavy atom. The van der Waals surface area contributed by atoms with Gasteiger partial charge in [-0.15, -0.1) is 0 Å². The molecule has 1 heterocycles. The molecule has 0 aliphatic rings. The Balaban J connectivity index is 1.46. The van der Waals surface area contributed by atoms with Gasteiger partial charge in [0.15, 0.2) is 0 Å². The summed E-state index contributed by atoms with van der Waals surface area (Å²) in [7, 11) is 0. The lowest BCUT2D eigenvalue weighted by Crippen LogP contribution is -2.38. The third-order valence-electron chi connectivity index (χ3n) is 5.22. The van der Waals surface area contributed by atoms with E-state index in [1.165, 1.54) is 17.7 Å². The van der Waals surface area contributed by atoms with Crippen LogP contribution in [-0.4, -0.2) is 52.6 Å². The number of phenolic OH excluding ortho intramolecular Hbond substituents is 1. The van der Waals surface area contributed by atoms with E-state index >= 15 is 0 Å². The Morgan fingerprint density at radius 1 is 1.12 bits per heavy atom. The molecule has 0 saturated carbocycles. The molecule has 3 aromatic rings. The highest BCUT2D eigenvalue weighted by molar-refractivity contribution is 7.16. The number of aromatic nitrogens is 1. The SMILES string of the molecule is CC(C)OCCCNCc1cccc(CCNCC(O)(O)c2ccc(O)c3[nH]c(=O)sc23)c1. The summed E-state index contributed by atoms with van der Waals surface area (Å²) in [6.07, 6.45) is 1.96. The summed E-state index contributed by atoms with van der Waals surface area (Å²) in [5.74, 6) is -2.28.